The van der Waals surface area contributed by atoms with Crippen molar-refractivity contribution in [3.05, 3.63) is 175 Å². The van der Waals surface area contributed by atoms with Crippen molar-refractivity contribution in [3.8, 4) is 0 Å². The van der Waals surface area contributed by atoms with Crippen LogP contribution in [0.5, 0.6) is 0 Å². The van der Waals surface area contributed by atoms with E-state index in [1.54, 1.807) is 0 Å². The van der Waals surface area contributed by atoms with Crippen LogP contribution in [0.3, 0.4) is 0 Å². The third-order valence-electron chi connectivity index (χ3n) is 9.74. The molecule has 0 atom stereocenters. The summed E-state index contributed by atoms with van der Waals surface area (Å²) in [5, 5.41) is 7.50. The van der Waals surface area contributed by atoms with E-state index in [1.165, 1.54) is 37.9 Å². The fraction of sp³-hybridized carbons (Fsp3) is 0.106. The van der Waals surface area contributed by atoms with Crippen molar-refractivity contribution in [1.82, 2.24) is 0 Å². The lowest BCUT2D eigenvalue weighted by molar-refractivity contribution is 0.590. The lowest BCUT2D eigenvalue weighted by Crippen LogP contribution is -2.13. The van der Waals surface area contributed by atoms with E-state index < -0.39 is 0 Å². The predicted octanol–water partition coefficient (Wildman–Crippen LogP) is 13.9. The molecule has 238 valence electrons. The number of allylic oxidation sites excluding steroid dienone is 1. The van der Waals surface area contributed by atoms with Crippen LogP contribution in [0, 0.1) is 0 Å². The molecule has 0 heterocycles. The van der Waals surface area contributed by atoms with E-state index in [1.807, 2.05) is 0 Å². The number of anilines is 6. The average molecular weight is 633 g/mol. The molecule has 0 spiro atoms. The fourth-order valence-electron chi connectivity index (χ4n) is 7.17. The zero-order chi connectivity index (χ0) is 33.7. The molecule has 0 radical (unpaired) electrons. The fourth-order valence-corrected chi connectivity index (χ4v) is 7.17. The highest BCUT2D eigenvalue weighted by Gasteiger charge is 2.22. The average Bonchev–Trinajstić information content (AvgIpc) is 3.13. The molecular formula is C47H40N2. The molecule has 2 nitrogen and oxygen atoms in total. The lowest BCUT2D eigenvalue weighted by atomic mass is 9.87. The highest BCUT2D eigenvalue weighted by atomic mass is 15.1. The van der Waals surface area contributed by atoms with Gasteiger partial charge in [0.05, 0.1) is 11.4 Å². The molecule has 8 aromatic carbocycles. The van der Waals surface area contributed by atoms with E-state index in [2.05, 4.69) is 202 Å². The Labute approximate surface area is 289 Å². The van der Waals surface area contributed by atoms with E-state index in [0.717, 1.165) is 45.3 Å². The second-order valence-corrected chi connectivity index (χ2v) is 14.1. The predicted molar refractivity (Wildman–Crippen MR) is 213 cm³/mol. The summed E-state index contributed by atoms with van der Waals surface area (Å²) >= 11 is 0. The van der Waals surface area contributed by atoms with Gasteiger partial charge in [0, 0.05) is 33.5 Å². The highest BCUT2D eigenvalue weighted by Crippen LogP contribution is 2.47. The van der Waals surface area contributed by atoms with Crippen molar-refractivity contribution in [2.45, 2.75) is 33.1 Å². The summed E-state index contributed by atoms with van der Waals surface area (Å²) in [5.41, 5.74) is 10.4. The van der Waals surface area contributed by atoms with Gasteiger partial charge in [-0.25, -0.2) is 0 Å². The van der Waals surface area contributed by atoms with Crippen molar-refractivity contribution in [1.29, 1.82) is 0 Å². The van der Waals surface area contributed by atoms with Crippen LogP contribution < -0.4 is 9.80 Å². The summed E-state index contributed by atoms with van der Waals surface area (Å²) in [7, 11) is 0. The van der Waals surface area contributed by atoms with Crippen LogP contribution >= 0.6 is 0 Å². The van der Waals surface area contributed by atoms with Gasteiger partial charge in [-0.15, -0.1) is 0 Å². The van der Waals surface area contributed by atoms with Gasteiger partial charge in [0.2, 0.25) is 0 Å². The highest BCUT2D eigenvalue weighted by molar-refractivity contribution is 6.28. The van der Waals surface area contributed by atoms with Gasteiger partial charge in [0.25, 0.3) is 0 Å². The summed E-state index contributed by atoms with van der Waals surface area (Å²) < 4.78 is 0. The molecule has 8 rings (SSSR count). The van der Waals surface area contributed by atoms with Gasteiger partial charge >= 0.3 is 0 Å². The minimum absolute atomic E-state index is 0.0844. The maximum atomic E-state index is 4.16. The van der Waals surface area contributed by atoms with Gasteiger partial charge < -0.3 is 9.80 Å². The molecule has 0 fully saturated rings. The zero-order valence-electron chi connectivity index (χ0n) is 28.6. The summed E-state index contributed by atoms with van der Waals surface area (Å²) in [6, 6.07) is 57.5. The Morgan fingerprint density at radius 2 is 0.837 bits per heavy atom. The van der Waals surface area contributed by atoms with Gasteiger partial charge in [-0.3, -0.25) is 0 Å². The van der Waals surface area contributed by atoms with Crippen LogP contribution in [0.15, 0.2) is 164 Å². The maximum absolute atomic E-state index is 4.16. The molecule has 2 heteroatoms. The van der Waals surface area contributed by atoms with Gasteiger partial charge in [0.15, 0.2) is 0 Å². The molecule has 49 heavy (non-hydrogen) atoms. The molecule has 0 amide bonds. The second-order valence-electron chi connectivity index (χ2n) is 14.1. The van der Waals surface area contributed by atoms with Crippen molar-refractivity contribution >= 4 is 72.0 Å². The number of para-hydroxylation sites is 2. The van der Waals surface area contributed by atoms with Crippen LogP contribution in [0.25, 0.3) is 37.9 Å². The normalized spacial score (nSPS) is 11.8. The van der Waals surface area contributed by atoms with Crippen LogP contribution in [0.1, 0.15) is 38.8 Å². The molecule has 0 saturated heterocycles. The SMILES string of the molecule is C=C(C)c1ccc(N(c2ccccc2)c2ccc3ccc4c(N(c5ccccc5)c5ccc(C(C)(C)C)cc5)ccc5ccc2c3c54)cc1. The first-order chi connectivity index (χ1) is 23.8. The Morgan fingerprint density at radius 1 is 0.449 bits per heavy atom. The minimum atomic E-state index is 0.0844. The standard InChI is InChI=1S/C47H40N2/c1-32(2)33-16-24-39(25-17-33)48(37-12-8-6-9-13-37)43-30-20-34-19-29-42-44(31-21-35-18-28-41(43)45(34)46(35)42)49(38-14-10-7-11-15-38)40-26-22-36(23-27-40)47(3,4)5/h6-31H,1H2,2-5H3. The summed E-state index contributed by atoms with van der Waals surface area (Å²) in [4.78, 5) is 4.78. The van der Waals surface area contributed by atoms with Crippen molar-refractivity contribution < 1.29 is 0 Å². The molecule has 0 aliphatic heterocycles. The molecular weight excluding hydrogens is 593 g/mol. The van der Waals surface area contributed by atoms with Crippen LogP contribution in [0.4, 0.5) is 34.1 Å². The monoisotopic (exact) mass is 632 g/mol. The molecule has 0 aliphatic rings. The lowest BCUT2D eigenvalue weighted by Gasteiger charge is -2.30. The Kier molecular flexibility index (Phi) is 7.45. The minimum Gasteiger partial charge on any atom is -0.310 e. The van der Waals surface area contributed by atoms with E-state index in [9.17, 15) is 0 Å². The number of rotatable bonds is 7. The molecule has 0 saturated carbocycles. The van der Waals surface area contributed by atoms with E-state index >= 15 is 0 Å². The first kappa shape index (κ1) is 30.5. The molecule has 0 aromatic heterocycles. The van der Waals surface area contributed by atoms with Crippen LogP contribution in [0.2, 0.25) is 0 Å². The first-order valence-corrected chi connectivity index (χ1v) is 17.1. The summed E-state index contributed by atoms with van der Waals surface area (Å²) in [5.74, 6) is 0. The Hall–Kier alpha value is -5.86. The van der Waals surface area contributed by atoms with Crippen LogP contribution in [-0.2, 0) is 5.41 Å². The maximum Gasteiger partial charge on any atom is 0.0540 e. The van der Waals surface area contributed by atoms with E-state index in [4.69, 9.17) is 0 Å². The number of hydrogen-bond donors (Lipinski definition) is 0. The smallest absolute Gasteiger partial charge is 0.0540 e. The summed E-state index contributed by atoms with van der Waals surface area (Å²) in [6.07, 6.45) is 0. The zero-order valence-corrected chi connectivity index (χ0v) is 28.6. The second kappa shape index (κ2) is 12.0. The van der Waals surface area contributed by atoms with E-state index in [0.29, 0.717) is 0 Å². The Bertz CT molecular complexity index is 2420. The summed E-state index contributed by atoms with van der Waals surface area (Å²) in [6.45, 7) is 13.0. The Morgan fingerprint density at radius 3 is 1.24 bits per heavy atom. The van der Waals surface area contributed by atoms with Gasteiger partial charge in [0.1, 0.15) is 0 Å². The van der Waals surface area contributed by atoms with Gasteiger partial charge in [-0.1, -0.05) is 130 Å². The van der Waals surface area contributed by atoms with Crippen molar-refractivity contribution in [3.63, 3.8) is 0 Å². The van der Waals surface area contributed by atoms with Gasteiger partial charge in [-0.2, -0.15) is 0 Å². The molecule has 0 aliphatic carbocycles. The molecule has 8 aromatic rings. The van der Waals surface area contributed by atoms with Crippen molar-refractivity contribution in [2.75, 3.05) is 9.80 Å². The molecule has 0 unspecified atom stereocenters. The number of hydrogen-bond acceptors (Lipinski definition) is 2. The Balaban J connectivity index is 1.36. The molecule has 0 bridgehead atoms. The van der Waals surface area contributed by atoms with Crippen molar-refractivity contribution in [2.24, 2.45) is 0 Å². The number of benzene rings is 8. The largest absolute Gasteiger partial charge is 0.310 e. The topological polar surface area (TPSA) is 6.48 Å². The van der Waals surface area contributed by atoms with E-state index in [-0.39, 0.29) is 5.41 Å². The third kappa shape index (κ3) is 5.40. The van der Waals surface area contributed by atoms with Gasteiger partial charge in [-0.05, 0) is 106 Å². The number of nitrogens with zero attached hydrogens (tertiary/aromatic N) is 2. The van der Waals surface area contributed by atoms with Crippen LogP contribution in [-0.4, -0.2) is 0 Å². The quantitative estimate of drug-likeness (QED) is 0.161. The first-order valence-electron chi connectivity index (χ1n) is 17.1. The molecule has 0 N–H and O–H groups in total. The third-order valence-corrected chi connectivity index (χ3v) is 9.74.